The first-order valence-electron chi connectivity index (χ1n) is 12.2. The zero-order valence-electron chi connectivity index (χ0n) is 21.5. The smallest absolute Gasteiger partial charge is 0.394 e. The second kappa shape index (κ2) is 11.3. The van der Waals surface area contributed by atoms with Crippen LogP contribution in [0, 0.1) is 18.6 Å². The number of alkyl halides is 3. The molecule has 6 atom stereocenters. The molecule has 3 aromatic rings. The van der Waals surface area contributed by atoms with Crippen LogP contribution in [-0.2, 0) is 10.9 Å². The number of aliphatic hydroxyl groups is 4. The van der Waals surface area contributed by atoms with Crippen LogP contribution in [0.2, 0.25) is 0 Å². The molecule has 0 saturated carbocycles. The van der Waals surface area contributed by atoms with Crippen molar-refractivity contribution in [3.05, 3.63) is 70.9 Å². The predicted molar refractivity (Wildman–Crippen MR) is 135 cm³/mol. The molecule has 4 N–H and O–H groups in total. The number of halogens is 5. The van der Waals surface area contributed by atoms with Gasteiger partial charge in [0, 0.05) is 11.1 Å². The van der Waals surface area contributed by atoms with Crippen LogP contribution in [0.15, 0.2) is 42.6 Å². The van der Waals surface area contributed by atoms with Crippen molar-refractivity contribution in [2.24, 2.45) is 0 Å². The summed E-state index contributed by atoms with van der Waals surface area (Å²) in [6.07, 6.45) is -7.99. The molecule has 2 heterocycles. The molecule has 0 radical (unpaired) electrons. The van der Waals surface area contributed by atoms with Crippen molar-refractivity contribution in [2.75, 3.05) is 6.61 Å². The number of hydrogen-bond acceptors (Lipinski definition) is 8. The van der Waals surface area contributed by atoms with E-state index in [0.717, 1.165) is 22.9 Å². The molecule has 1 aliphatic heterocycles. The van der Waals surface area contributed by atoms with E-state index in [4.69, 9.17) is 4.74 Å². The number of ether oxygens (including phenoxy) is 1. The minimum atomic E-state index is -4.73. The van der Waals surface area contributed by atoms with Gasteiger partial charge < -0.3 is 25.2 Å². The summed E-state index contributed by atoms with van der Waals surface area (Å²) in [7, 11) is 0. The van der Waals surface area contributed by atoms with Crippen molar-refractivity contribution in [1.82, 2.24) is 15.0 Å². The van der Waals surface area contributed by atoms with Gasteiger partial charge in [0.05, 0.1) is 29.2 Å². The minimum absolute atomic E-state index is 0.0157. The zero-order valence-corrected chi connectivity index (χ0v) is 22.4. The van der Waals surface area contributed by atoms with Gasteiger partial charge in [0.15, 0.2) is 0 Å². The summed E-state index contributed by atoms with van der Waals surface area (Å²) in [5.41, 5.74) is -4.46. The van der Waals surface area contributed by atoms with Crippen LogP contribution in [-0.4, -0.2) is 71.4 Å². The van der Waals surface area contributed by atoms with Crippen LogP contribution < -0.4 is 0 Å². The van der Waals surface area contributed by atoms with E-state index in [1.54, 1.807) is 0 Å². The van der Waals surface area contributed by atoms with Crippen molar-refractivity contribution in [1.29, 1.82) is 0 Å². The van der Waals surface area contributed by atoms with E-state index in [2.05, 4.69) is 10.3 Å². The lowest BCUT2D eigenvalue weighted by atomic mass is 9.94. The van der Waals surface area contributed by atoms with Gasteiger partial charge in [-0.15, -0.1) is 16.9 Å². The van der Waals surface area contributed by atoms with E-state index in [1.807, 2.05) is 0 Å². The van der Waals surface area contributed by atoms with Crippen molar-refractivity contribution in [2.45, 2.75) is 67.6 Å². The quantitative estimate of drug-likeness (QED) is 0.308. The average molecular weight is 590 g/mol. The summed E-state index contributed by atoms with van der Waals surface area (Å²) in [5, 5.41) is 49.4. The van der Waals surface area contributed by atoms with Crippen LogP contribution in [0.1, 0.15) is 41.8 Å². The van der Waals surface area contributed by atoms with Crippen LogP contribution in [0.4, 0.5) is 22.0 Å². The van der Waals surface area contributed by atoms with Gasteiger partial charge in [-0.25, -0.2) is 13.5 Å². The van der Waals surface area contributed by atoms with Gasteiger partial charge in [-0.3, -0.25) is 0 Å². The molecule has 0 aliphatic carbocycles. The fourth-order valence-corrected chi connectivity index (χ4v) is 6.06. The van der Waals surface area contributed by atoms with Gasteiger partial charge in [-0.1, -0.05) is 23.4 Å². The molecular formula is C26H28F5N3O5S. The van der Waals surface area contributed by atoms with Crippen molar-refractivity contribution in [3.8, 4) is 11.3 Å². The maximum absolute atomic E-state index is 14.1. The molecule has 1 aromatic heterocycles. The topological polar surface area (TPSA) is 121 Å². The first-order chi connectivity index (χ1) is 18.6. The van der Waals surface area contributed by atoms with Crippen LogP contribution in [0.5, 0.6) is 0 Å². The SMILES string of the molecule is Cc1c(F)cc(-c2cn([C@H]3[C@@H](O)[C@@H](CO)O[C@@H](SC(c4ccccc4C(F)(F)F)C(C)(C)O)[C@@H]3O)nn2)cc1F. The Morgan fingerprint density at radius 2 is 1.70 bits per heavy atom. The highest BCUT2D eigenvalue weighted by Crippen LogP contribution is 2.49. The van der Waals surface area contributed by atoms with Crippen molar-refractivity contribution >= 4 is 11.8 Å². The van der Waals surface area contributed by atoms with E-state index in [1.165, 1.54) is 45.2 Å². The lowest BCUT2D eigenvalue weighted by Gasteiger charge is -2.44. The van der Waals surface area contributed by atoms with E-state index in [-0.39, 0.29) is 22.4 Å². The molecule has 4 rings (SSSR count). The fourth-order valence-electron chi connectivity index (χ4n) is 4.58. The summed E-state index contributed by atoms with van der Waals surface area (Å²) in [4.78, 5) is 0. The van der Waals surface area contributed by atoms with E-state index >= 15 is 0 Å². The van der Waals surface area contributed by atoms with Crippen LogP contribution >= 0.6 is 11.8 Å². The molecule has 2 aromatic carbocycles. The summed E-state index contributed by atoms with van der Waals surface area (Å²) in [6, 6.07) is 5.46. The molecule has 218 valence electrons. The summed E-state index contributed by atoms with van der Waals surface area (Å²) >= 11 is 0.687. The van der Waals surface area contributed by atoms with Crippen molar-refractivity contribution < 1.29 is 47.1 Å². The van der Waals surface area contributed by atoms with E-state index < -0.39 is 70.6 Å². The van der Waals surface area contributed by atoms with E-state index in [0.29, 0.717) is 11.8 Å². The molecule has 1 fully saturated rings. The average Bonchev–Trinajstić information content (AvgIpc) is 3.35. The monoisotopic (exact) mass is 589 g/mol. The third kappa shape index (κ3) is 6.02. The first-order valence-corrected chi connectivity index (χ1v) is 13.1. The maximum atomic E-state index is 14.1. The predicted octanol–water partition coefficient (Wildman–Crippen LogP) is 3.78. The Balaban J connectivity index is 1.70. The Bertz CT molecular complexity index is 1330. The fraction of sp³-hybridized carbons (Fsp3) is 0.462. The van der Waals surface area contributed by atoms with Gasteiger partial charge >= 0.3 is 6.18 Å². The molecule has 1 saturated heterocycles. The lowest BCUT2D eigenvalue weighted by molar-refractivity contribution is -0.179. The van der Waals surface area contributed by atoms with Gasteiger partial charge in [0.2, 0.25) is 0 Å². The van der Waals surface area contributed by atoms with Crippen LogP contribution in [0.25, 0.3) is 11.3 Å². The molecule has 0 amide bonds. The number of rotatable bonds is 7. The highest BCUT2D eigenvalue weighted by Gasteiger charge is 2.49. The summed E-state index contributed by atoms with van der Waals surface area (Å²) in [6.45, 7) is 3.17. The third-order valence-corrected chi connectivity index (χ3v) is 8.46. The number of benzene rings is 2. The number of thioether (sulfide) groups is 1. The standard InChI is InChI=1S/C26H28F5N3O5S/c1-12-16(27)8-13(9-17(12)28)18-10-34(33-32-18)20-21(36)19(11-35)39-24(22(20)37)40-23(25(2,3)38)14-6-4-5-7-15(14)26(29,30)31/h4-10,19-24,35-38H,11H2,1-3H3/t19-,20+,21+,22-,23?,24+/m1/s1. The molecule has 40 heavy (non-hydrogen) atoms. The summed E-state index contributed by atoms with van der Waals surface area (Å²) < 4.78 is 76.4. The molecule has 8 nitrogen and oxygen atoms in total. The Hall–Kier alpha value is -2.62. The van der Waals surface area contributed by atoms with Gasteiger partial charge in [0.25, 0.3) is 0 Å². The van der Waals surface area contributed by atoms with E-state index in [9.17, 15) is 42.4 Å². The van der Waals surface area contributed by atoms with Crippen molar-refractivity contribution in [3.63, 3.8) is 0 Å². The highest BCUT2D eigenvalue weighted by atomic mass is 32.2. The Labute approximate surface area is 230 Å². The first kappa shape index (κ1) is 30.3. The third-order valence-electron chi connectivity index (χ3n) is 6.70. The van der Waals surface area contributed by atoms with Gasteiger partial charge in [-0.2, -0.15) is 13.2 Å². The molecule has 1 aliphatic rings. The highest BCUT2D eigenvalue weighted by molar-refractivity contribution is 8.00. The molecule has 0 spiro atoms. The van der Waals surface area contributed by atoms with Crippen LogP contribution in [0.3, 0.4) is 0 Å². The van der Waals surface area contributed by atoms with Gasteiger partial charge in [0.1, 0.15) is 47.1 Å². The lowest BCUT2D eigenvalue weighted by Crippen LogP contribution is -2.55. The largest absolute Gasteiger partial charge is 0.416 e. The number of nitrogens with zero attached hydrogens (tertiary/aromatic N) is 3. The Kier molecular flexibility index (Phi) is 8.60. The normalized spacial score (nSPS) is 24.8. The molecular weight excluding hydrogens is 561 g/mol. The second-order valence-electron chi connectivity index (χ2n) is 10.1. The molecule has 1 unspecified atom stereocenters. The summed E-state index contributed by atoms with van der Waals surface area (Å²) in [5.74, 6) is -1.63. The minimum Gasteiger partial charge on any atom is -0.394 e. The molecule has 0 bridgehead atoms. The zero-order chi connectivity index (χ0) is 29.6. The second-order valence-corrected chi connectivity index (χ2v) is 11.3. The number of hydrogen-bond donors (Lipinski definition) is 4. The maximum Gasteiger partial charge on any atom is 0.416 e. The van der Waals surface area contributed by atoms with Gasteiger partial charge in [-0.05, 0) is 44.5 Å². The number of aromatic nitrogens is 3. The molecule has 14 heteroatoms. The number of aliphatic hydroxyl groups excluding tert-OH is 3. The Morgan fingerprint density at radius 1 is 1.07 bits per heavy atom. The Morgan fingerprint density at radius 3 is 2.27 bits per heavy atom.